The van der Waals surface area contributed by atoms with E-state index in [0.29, 0.717) is 17.5 Å². The van der Waals surface area contributed by atoms with Gasteiger partial charge in [0, 0.05) is 16.7 Å². The summed E-state index contributed by atoms with van der Waals surface area (Å²) < 4.78 is 0. The van der Waals surface area contributed by atoms with Gasteiger partial charge >= 0.3 is 0 Å². The largest absolute Gasteiger partial charge is 0.208 e. The SMILES string of the molecule is c1ccc(-c2ccc(-c3nc(-c4ccc(-c5ccc6ccccc6c5)cc4)nc(-c4ccc(-c5ccc6ccccc6c5)cc4)n3)cc2)cc1. The zero-order valence-corrected chi connectivity index (χ0v) is 27.2. The first kappa shape index (κ1) is 29.4. The molecule has 8 aromatic carbocycles. The van der Waals surface area contributed by atoms with Crippen LogP contribution in [0.4, 0.5) is 0 Å². The summed E-state index contributed by atoms with van der Waals surface area (Å²) in [6.45, 7) is 0. The molecule has 0 amide bonds. The second-order valence-corrected chi connectivity index (χ2v) is 12.5. The van der Waals surface area contributed by atoms with Crippen LogP contribution in [0.2, 0.25) is 0 Å². The van der Waals surface area contributed by atoms with E-state index in [2.05, 4.69) is 182 Å². The average molecular weight is 638 g/mol. The number of hydrogen-bond donors (Lipinski definition) is 0. The molecule has 3 nitrogen and oxygen atoms in total. The molecule has 0 atom stereocenters. The van der Waals surface area contributed by atoms with Gasteiger partial charge in [-0.3, -0.25) is 0 Å². The fourth-order valence-electron chi connectivity index (χ4n) is 6.57. The molecular weight excluding hydrogens is 607 g/mol. The average Bonchev–Trinajstić information content (AvgIpc) is 3.21. The van der Waals surface area contributed by atoms with Crippen molar-refractivity contribution in [1.29, 1.82) is 0 Å². The first-order chi connectivity index (χ1) is 24.7. The first-order valence-corrected chi connectivity index (χ1v) is 16.8. The Balaban J connectivity index is 1.09. The van der Waals surface area contributed by atoms with Gasteiger partial charge in [0.2, 0.25) is 0 Å². The Hall–Kier alpha value is -6.71. The number of benzene rings is 8. The Labute approximate surface area is 291 Å². The minimum Gasteiger partial charge on any atom is -0.208 e. The third-order valence-corrected chi connectivity index (χ3v) is 9.34. The second kappa shape index (κ2) is 12.7. The van der Waals surface area contributed by atoms with E-state index in [1.54, 1.807) is 0 Å². The van der Waals surface area contributed by atoms with Crippen LogP contribution < -0.4 is 0 Å². The molecule has 1 heterocycles. The molecule has 0 bridgehead atoms. The van der Waals surface area contributed by atoms with Gasteiger partial charge in [0.25, 0.3) is 0 Å². The molecule has 0 saturated carbocycles. The number of rotatable bonds is 6. The van der Waals surface area contributed by atoms with Crippen LogP contribution in [-0.4, -0.2) is 15.0 Å². The van der Waals surface area contributed by atoms with Gasteiger partial charge in [-0.1, -0.05) is 176 Å². The quantitative estimate of drug-likeness (QED) is 0.182. The predicted molar refractivity (Wildman–Crippen MR) is 207 cm³/mol. The Morgan fingerprint density at radius 1 is 0.200 bits per heavy atom. The highest BCUT2D eigenvalue weighted by Gasteiger charge is 2.14. The molecule has 0 radical (unpaired) electrons. The summed E-state index contributed by atoms with van der Waals surface area (Å²) >= 11 is 0. The van der Waals surface area contributed by atoms with Crippen molar-refractivity contribution in [3.8, 4) is 67.5 Å². The summed E-state index contributed by atoms with van der Waals surface area (Å²) in [6, 6.07) is 66.0. The molecule has 3 heteroatoms. The van der Waals surface area contributed by atoms with Crippen molar-refractivity contribution >= 4 is 21.5 Å². The summed E-state index contributed by atoms with van der Waals surface area (Å²) in [5.41, 5.74) is 9.79. The maximum absolute atomic E-state index is 5.03. The lowest BCUT2D eigenvalue weighted by Crippen LogP contribution is -2.00. The Morgan fingerprint density at radius 3 is 0.880 bits per heavy atom. The molecule has 0 aliphatic rings. The maximum Gasteiger partial charge on any atom is 0.164 e. The van der Waals surface area contributed by atoms with E-state index in [9.17, 15) is 0 Å². The molecule has 1 aromatic heterocycles. The summed E-state index contributed by atoms with van der Waals surface area (Å²) in [5, 5.41) is 4.93. The topological polar surface area (TPSA) is 38.7 Å². The Morgan fingerprint density at radius 2 is 0.480 bits per heavy atom. The van der Waals surface area contributed by atoms with E-state index in [1.165, 1.54) is 38.2 Å². The number of aromatic nitrogens is 3. The molecule has 9 rings (SSSR count). The molecule has 9 aromatic rings. The van der Waals surface area contributed by atoms with Crippen molar-refractivity contribution in [3.63, 3.8) is 0 Å². The summed E-state index contributed by atoms with van der Waals surface area (Å²) in [4.78, 5) is 15.1. The molecule has 0 fully saturated rings. The Kier molecular flexibility index (Phi) is 7.49. The third kappa shape index (κ3) is 5.82. The summed E-state index contributed by atoms with van der Waals surface area (Å²) in [5.74, 6) is 1.92. The molecule has 0 spiro atoms. The minimum atomic E-state index is 0.640. The van der Waals surface area contributed by atoms with Crippen LogP contribution in [-0.2, 0) is 0 Å². The number of nitrogens with zero attached hydrogens (tertiary/aromatic N) is 3. The van der Waals surface area contributed by atoms with E-state index in [-0.39, 0.29) is 0 Å². The normalized spacial score (nSPS) is 11.2. The van der Waals surface area contributed by atoms with Gasteiger partial charge in [-0.15, -0.1) is 0 Å². The summed E-state index contributed by atoms with van der Waals surface area (Å²) in [6.07, 6.45) is 0. The highest BCUT2D eigenvalue weighted by Crippen LogP contribution is 2.31. The highest BCUT2D eigenvalue weighted by molar-refractivity contribution is 5.88. The van der Waals surface area contributed by atoms with Crippen LogP contribution in [0.15, 0.2) is 188 Å². The first-order valence-electron chi connectivity index (χ1n) is 16.8. The van der Waals surface area contributed by atoms with Gasteiger partial charge in [-0.2, -0.15) is 0 Å². The lowest BCUT2D eigenvalue weighted by molar-refractivity contribution is 1.07. The smallest absolute Gasteiger partial charge is 0.164 e. The van der Waals surface area contributed by atoms with E-state index in [1.807, 2.05) is 6.07 Å². The summed E-state index contributed by atoms with van der Waals surface area (Å²) in [7, 11) is 0. The fourth-order valence-corrected chi connectivity index (χ4v) is 6.57. The molecule has 0 N–H and O–H groups in total. The predicted octanol–water partition coefficient (Wildman–Crippen LogP) is 12.2. The molecule has 0 unspecified atom stereocenters. The lowest BCUT2D eigenvalue weighted by atomic mass is 10.00. The van der Waals surface area contributed by atoms with Crippen molar-refractivity contribution in [2.24, 2.45) is 0 Å². The van der Waals surface area contributed by atoms with Crippen molar-refractivity contribution in [3.05, 3.63) is 188 Å². The fraction of sp³-hybridized carbons (Fsp3) is 0. The number of hydrogen-bond acceptors (Lipinski definition) is 3. The van der Waals surface area contributed by atoms with Crippen LogP contribution in [0, 0.1) is 0 Å². The molecule has 234 valence electrons. The van der Waals surface area contributed by atoms with Gasteiger partial charge in [0.05, 0.1) is 0 Å². The maximum atomic E-state index is 5.03. The molecule has 0 aliphatic heterocycles. The van der Waals surface area contributed by atoms with Crippen LogP contribution in [0.5, 0.6) is 0 Å². The molecule has 0 aliphatic carbocycles. The van der Waals surface area contributed by atoms with E-state index in [4.69, 9.17) is 15.0 Å². The van der Waals surface area contributed by atoms with E-state index < -0.39 is 0 Å². The second-order valence-electron chi connectivity index (χ2n) is 12.5. The lowest BCUT2D eigenvalue weighted by Gasteiger charge is -2.11. The van der Waals surface area contributed by atoms with Gasteiger partial charge in [-0.05, 0) is 67.1 Å². The standard InChI is InChI=1S/C47H31N3/c1-2-8-32(9-3-1)35-14-22-38(23-15-35)45-48-46(39-24-16-36(17-25-39)43-28-20-33-10-4-6-12-41(33)30-43)50-47(49-45)40-26-18-37(19-27-40)44-29-21-34-11-5-7-13-42(34)31-44/h1-31H. The Bertz CT molecular complexity index is 2470. The molecule has 50 heavy (non-hydrogen) atoms. The van der Waals surface area contributed by atoms with Gasteiger partial charge in [0.15, 0.2) is 17.5 Å². The van der Waals surface area contributed by atoms with Gasteiger partial charge in [0.1, 0.15) is 0 Å². The van der Waals surface area contributed by atoms with Crippen molar-refractivity contribution in [2.75, 3.05) is 0 Å². The van der Waals surface area contributed by atoms with Crippen LogP contribution in [0.3, 0.4) is 0 Å². The van der Waals surface area contributed by atoms with Gasteiger partial charge < -0.3 is 0 Å². The van der Waals surface area contributed by atoms with E-state index in [0.717, 1.165) is 33.4 Å². The number of fused-ring (bicyclic) bond motifs is 2. The van der Waals surface area contributed by atoms with Crippen molar-refractivity contribution < 1.29 is 0 Å². The third-order valence-electron chi connectivity index (χ3n) is 9.34. The zero-order valence-electron chi connectivity index (χ0n) is 27.2. The zero-order chi connectivity index (χ0) is 33.3. The molecule has 0 saturated heterocycles. The highest BCUT2D eigenvalue weighted by atomic mass is 15.0. The van der Waals surface area contributed by atoms with Crippen LogP contribution in [0.1, 0.15) is 0 Å². The van der Waals surface area contributed by atoms with Crippen molar-refractivity contribution in [2.45, 2.75) is 0 Å². The van der Waals surface area contributed by atoms with Crippen molar-refractivity contribution in [1.82, 2.24) is 15.0 Å². The van der Waals surface area contributed by atoms with Crippen LogP contribution in [0.25, 0.3) is 89.1 Å². The van der Waals surface area contributed by atoms with Gasteiger partial charge in [-0.25, -0.2) is 15.0 Å². The van der Waals surface area contributed by atoms with Crippen LogP contribution >= 0.6 is 0 Å². The molecular formula is C47H31N3. The monoisotopic (exact) mass is 637 g/mol. The minimum absolute atomic E-state index is 0.640. The van der Waals surface area contributed by atoms with E-state index >= 15 is 0 Å².